The number of rotatable bonds is 12. The molecule has 0 radical (unpaired) electrons. The van der Waals surface area contributed by atoms with E-state index in [1.807, 2.05) is 30.3 Å². The van der Waals surface area contributed by atoms with Crippen molar-refractivity contribution in [1.29, 1.82) is 0 Å². The molecule has 5 aromatic rings. The average Bonchev–Trinajstić information content (AvgIpc) is 3.17. The maximum absolute atomic E-state index is 13.9. The first kappa shape index (κ1) is 34.1. The van der Waals surface area contributed by atoms with Crippen LogP contribution in [-0.2, 0) is 10.8 Å². The van der Waals surface area contributed by atoms with Crippen molar-refractivity contribution in [3.63, 3.8) is 0 Å². The summed E-state index contributed by atoms with van der Waals surface area (Å²) in [6, 6.07) is 15.9. The van der Waals surface area contributed by atoms with E-state index in [-0.39, 0.29) is 16.4 Å². The topological polar surface area (TPSA) is 80.3 Å². The lowest BCUT2D eigenvalue weighted by molar-refractivity contribution is -0.256. The molecule has 6 saturated carbocycles. The van der Waals surface area contributed by atoms with Gasteiger partial charge in [-0.05, 0) is 166 Å². The van der Waals surface area contributed by atoms with Crippen molar-refractivity contribution in [2.45, 2.75) is 153 Å². The standard InChI is InChI=1S/C48H56O4/c1-3-5-7-17-45-19-25-47(26-20-45,27-21-45)41-39-35-13-10-12-32-34(43(49)50)16-15-33(37(32)35)31-11-9-14-36(38(31)39)40(44(51)52)42(41)48-28-22-46(23-29-48,24-30-48)18-8-6-4-2/h9-16H,3-8,17-30H2,1-2H3,(H,49,50)(H,51,52)/p-2. The molecule has 11 rings (SSSR count). The van der Waals surface area contributed by atoms with Crippen LogP contribution in [0.1, 0.15) is 174 Å². The molecular weight excluding hydrogens is 641 g/mol. The van der Waals surface area contributed by atoms with E-state index in [1.54, 1.807) is 6.07 Å². The maximum atomic E-state index is 13.9. The minimum atomic E-state index is -1.16. The third-order valence-corrected chi connectivity index (χ3v) is 15.8. The number of hydrogen-bond acceptors (Lipinski definition) is 4. The Hall–Kier alpha value is -3.66. The molecule has 6 fully saturated rings. The van der Waals surface area contributed by atoms with E-state index in [4.69, 9.17) is 0 Å². The van der Waals surface area contributed by atoms with Crippen LogP contribution in [0.3, 0.4) is 0 Å². The zero-order valence-electron chi connectivity index (χ0n) is 31.4. The smallest absolute Gasteiger partial charge is 0.0724 e. The number of carboxylic acid groups (broad SMARTS) is 2. The van der Waals surface area contributed by atoms with Crippen molar-refractivity contribution >= 4 is 55.0 Å². The fourth-order valence-corrected chi connectivity index (χ4v) is 12.9. The fourth-order valence-electron chi connectivity index (χ4n) is 12.9. The van der Waals surface area contributed by atoms with Gasteiger partial charge in [-0.3, -0.25) is 0 Å². The SMILES string of the molecule is CCCCCC12CCC(c3c(C(=O)[O-])c4cccc5c6ccc(C(=O)[O-])c7cccc(c(c3C38CCC(CCCCC)(CC3)CC8)c45)c76)(CC1)CC2. The second-order valence-corrected chi connectivity index (χ2v) is 18.2. The highest BCUT2D eigenvalue weighted by atomic mass is 16.4. The number of fused-ring (bicyclic) bond motifs is 8. The second-order valence-electron chi connectivity index (χ2n) is 18.2. The minimum Gasteiger partial charge on any atom is -0.545 e. The number of benzene rings is 5. The van der Waals surface area contributed by atoms with Gasteiger partial charge < -0.3 is 19.8 Å². The molecule has 6 aliphatic rings. The van der Waals surface area contributed by atoms with Gasteiger partial charge in [0.1, 0.15) is 0 Å². The highest BCUT2D eigenvalue weighted by Gasteiger charge is 2.55. The molecule has 0 N–H and O–H groups in total. The fraction of sp³-hybridized carbons (Fsp3) is 0.542. The molecule has 0 heterocycles. The Morgan fingerprint density at radius 1 is 0.500 bits per heavy atom. The van der Waals surface area contributed by atoms with E-state index in [0.717, 1.165) is 76.4 Å². The number of unbranched alkanes of at least 4 members (excludes halogenated alkanes) is 4. The summed E-state index contributed by atoms with van der Waals surface area (Å²) >= 11 is 0. The molecule has 52 heavy (non-hydrogen) atoms. The van der Waals surface area contributed by atoms with E-state index >= 15 is 0 Å². The molecule has 6 aliphatic carbocycles. The van der Waals surface area contributed by atoms with Crippen molar-refractivity contribution in [2.75, 3.05) is 0 Å². The summed E-state index contributed by atoms with van der Waals surface area (Å²) in [6.45, 7) is 4.58. The molecule has 0 unspecified atom stereocenters. The summed E-state index contributed by atoms with van der Waals surface area (Å²) in [7, 11) is 0. The van der Waals surface area contributed by atoms with Crippen molar-refractivity contribution in [1.82, 2.24) is 0 Å². The summed E-state index contributed by atoms with van der Waals surface area (Å²) in [5.74, 6) is -2.20. The van der Waals surface area contributed by atoms with Crippen LogP contribution in [0.25, 0.3) is 43.1 Å². The summed E-state index contributed by atoms with van der Waals surface area (Å²) in [5.41, 5.74) is 3.60. The predicted molar refractivity (Wildman–Crippen MR) is 208 cm³/mol. The molecule has 5 aromatic carbocycles. The van der Waals surface area contributed by atoms with Crippen molar-refractivity contribution < 1.29 is 19.8 Å². The van der Waals surface area contributed by atoms with Crippen LogP contribution in [0.5, 0.6) is 0 Å². The molecule has 4 heteroatoms. The number of hydrogen-bond donors (Lipinski definition) is 0. The molecule has 0 aliphatic heterocycles. The van der Waals surface area contributed by atoms with Crippen LogP contribution in [0.2, 0.25) is 0 Å². The van der Waals surface area contributed by atoms with Crippen molar-refractivity contribution in [3.05, 3.63) is 70.8 Å². The van der Waals surface area contributed by atoms with Gasteiger partial charge in [0.15, 0.2) is 0 Å². The Morgan fingerprint density at radius 2 is 0.981 bits per heavy atom. The van der Waals surface area contributed by atoms with Gasteiger partial charge in [0, 0.05) is 11.1 Å². The summed E-state index contributed by atoms with van der Waals surface area (Å²) in [4.78, 5) is 26.4. The highest BCUT2D eigenvalue weighted by molar-refractivity contribution is 6.36. The monoisotopic (exact) mass is 694 g/mol. The van der Waals surface area contributed by atoms with Gasteiger partial charge in [-0.15, -0.1) is 0 Å². The van der Waals surface area contributed by atoms with Gasteiger partial charge in [-0.1, -0.05) is 101 Å². The predicted octanol–water partition coefficient (Wildman–Crippen LogP) is 10.8. The van der Waals surface area contributed by atoms with Crippen LogP contribution in [0, 0.1) is 10.8 Å². The van der Waals surface area contributed by atoms with E-state index in [9.17, 15) is 19.8 Å². The Morgan fingerprint density at radius 3 is 1.50 bits per heavy atom. The molecule has 4 nitrogen and oxygen atoms in total. The maximum Gasteiger partial charge on any atom is 0.0724 e. The highest BCUT2D eigenvalue weighted by Crippen LogP contribution is 2.67. The lowest BCUT2D eigenvalue weighted by Gasteiger charge is -2.59. The zero-order valence-corrected chi connectivity index (χ0v) is 31.4. The number of carbonyl (C=O) groups excluding carboxylic acids is 2. The molecule has 0 aromatic heterocycles. The largest absolute Gasteiger partial charge is 0.545 e. The van der Waals surface area contributed by atoms with Crippen molar-refractivity contribution in [2.24, 2.45) is 10.8 Å². The Balaban J connectivity index is 1.36. The van der Waals surface area contributed by atoms with E-state index in [2.05, 4.69) is 26.0 Å². The zero-order chi connectivity index (χ0) is 35.9. The quantitative estimate of drug-likeness (QED) is 0.0739. The lowest BCUT2D eigenvalue weighted by Crippen LogP contribution is -2.49. The molecule has 0 spiro atoms. The molecule has 4 bridgehead atoms. The van der Waals surface area contributed by atoms with Gasteiger partial charge in [-0.25, -0.2) is 0 Å². The van der Waals surface area contributed by atoms with Gasteiger partial charge >= 0.3 is 0 Å². The van der Waals surface area contributed by atoms with Crippen LogP contribution in [0.15, 0.2) is 48.5 Å². The third-order valence-electron chi connectivity index (χ3n) is 15.8. The van der Waals surface area contributed by atoms with E-state index in [1.165, 1.54) is 101 Å². The first-order valence-electron chi connectivity index (χ1n) is 20.8. The van der Waals surface area contributed by atoms with E-state index < -0.39 is 11.9 Å². The second kappa shape index (κ2) is 12.5. The average molecular weight is 695 g/mol. The summed E-state index contributed by atoms with van der Waals surface area (Å²) in [5, 5.41) is 34.2. The molecular formula is C48H54O4-2. The van der Waals surface area contributed by atoms with Gasteiger partial charge in [0.25, 0.3) is 0 Å². The number of carboxylic acids is 2. The Kier molecular flexibility index (Phi) is 8.18. The molecule has 0 atom stereocenters. The van der Waals surface area contributed by atoms with Crippen LogP contribution in [0.4, 0.5) is 0 Å². The Labute approximate surface area is 308 Å². The van der Waals surface area contributed by atoms with Crippen LogP contribution >= 0.6 is 0 Å². The van der Waals surface area contributed by atoms with Crippen LogP contribution in [-0.4, -0.2) is 11.9 Å². The van der Waals surface area contributed by atoms with Gasteiger partial charge in [-0.2, -0.15) is 0 Å². The third kappa shape index (κ3) is 4.91. The first-order valence-corrected chi connectivity index (χ1v) is 20.8. The summed E-state index contributed by atoms with van der Waals surface area (Å²) < 4.78 is 0. The molecule has 0 amide bonds. The van der Waals surface area contributed by atoms with Gasteiger partial charge in [0.2, 0.25) is 0 Å². The van der Waals surface area contributed by atoms with Crippen molar-refractivity contribution in [3.8, 4) is 0 Å². The first-order chi connectivity index (χ1) is 25.2. The normalized spacial score (nSPS) is 28.5. The van der Waals surface area contributed by atoms with Crippen LogP contribution < -0.4 is 10.2 Å². The Bertz CT molecular complexity index is 2170. The van der Waals surface area contributed by atoms with Gasteiger partial charge in [0.05, 0.1) is 11.9 Å². The lowest BCUT2D eigenvalue weighted by atomic mass is 9.46. The number of aromatic carboxylic acids is 2. The van der Waals surface area contributed by atoms with E-state index in [0.29, 0.717) is 21.8 Å². The summed E-state index contributed by atoms with van der Waals surface area (Å²) in [6.07, 6.45) is 23.8. The molecule has 0 saturated heterocycles. The molecule has 272 valence electrons. The minimum absolute atomic E-state index is 0.115. The number of carbonyl (C=O) groups is 2.